The van der Waals surface area contributed by atoms with Gasteiger partial charge in [0.05, 0.1) is 30.1 Å². The molecule has 0 aliphatic rings. The van der Waals surface area contributed by atoms with E-state index in [1.165, 1.54) is 30.1 Å². The van der Waals surface area contributed by atoms with Gasteiger partial charge in [0.2, 0.25) is 0 Å². The Hall–Kier alpha value is -1.85. The Bertz CT molecular complexity index is 425. The van der Waals surface area contributed by atoms with Gasteiger partial charge in [-0.1, -0.05) is 0 Å². The third-order valence-corrected chi connectivity index (χ3v) is 2.36. The molecule has 0 unspecified atom stereocenters. The van der Waals surface area contributed by atoms with Crippen LogP contribution in [0.2, 0.25) is 0 Å². The second-order valence-electron chi connectivity index (χ2n) is 3.77. The van der Waals surface area contributed by atoms with Crippen LogP contribution < -0.4 is 10.6 Å². The summed E-state index contributed by atoms with van der Waals surface area (Å²) in [5, 5.41) is 0. The summed E-state index contributed by atoms with van der Waals surface area (Å²) in [7, 11) is 1.49. The Balaban J connectivity index is 2.97. The van der Waals surface area contributed by atoms with Crippen molar-refractivity contribution in [1.82, 2.24) is 0 Å². The number of carbonyl (C=O) groups is 1. The maximum atomic E-state index is 12.3. The summed E-state index contributed by atoms with van der Waals surface area (Å²) in [6.07, 6.45) is -2.47. The Morgan fingerprint density at radius 2 is 2.17 bits per heavy atom. The van der Waals surface area contributed by atoms with E-state index in [-0.39, 0.29) is 6.61 Å². The van der Waals surface area contributed by atoms with Crippen LogP contribution in [-0.2, 0) is 4.74 Å². The highest BCUT2D eigenvalue weighted by molar-refractivity contribution is 5.92. The van der Waals surface area contributed by atoms with Crippen LogP contribution >= 0.6 is 0 Å². The molecule has 100 valence electrons. The van der Waals surface area contributed by atoms with Gasteiger partial charge in [-0.25, -0.2) is 13.6 Å². The zero-order valence-corrected chi connectivity index (χ0v) is 10.3. The molecule has 0 atom stereocenters. The molecule has 2 N–H and O–H groups in total. The molecule has 0 amide bonds. The van der Waals surface area contributed by atoms with E-state index >= 15 is 0 Å². The highest BCUT2D eigenvalue weighted by atomic mass is 19.3. The van der Waals surface area contributed by atoms with Crippen molar-refractivity contribution in [3.63, 3.8) is 0 Å². The monoisotopic (exact) mass is 258 g/mol. The number of nitrogens with two attached hydrogens (primary N) is 1. The van der Waals surface area contributed by atoms with E-state index in [1.54, 1.807) is 6.92 Å². The van der Waals surface area contributed by atoms with Crippen molar-refractivity contribution in [2.75, 3.05) is 30.8 Å². The van der Waals surface area contributed by atoms with Gasteiger partial charge < -0.3 is 15.4 Å². The minimum Gasteiger partial charge on any atom is -0.462 e. The minimum absolute atomic E-state index is 0.255. The molecule has 1 aromatic rings. The lowest BCUT2D eigenvalue weighted by Gasteiger charge is -2.21. The number of nitrogens with zero attached hydrogens (tertiary/aromatic N) is 1. The van der Waals surface area contributed by atoms with Crippen LogP contribution in [0.15, 0.2) is 18.2 Å². The summed E-state index contributed by atoms with van der Waals surface area (Å²) in [6, 6.07) is 4.46. The van der Waals surface area contributed by atoms with Gasteiger partial charge in [0.1, 0.15) is 0 Å². The number of anilines is 2. The van der Waals surface area contributed by atoms with E-state index in [2.05, 4.69) is 0 Å². The maximum absolute atomic E-state index is 12.3. The molecule has 18 heavy (non-hydrogen) atoms. The topological polar surface area (TPSA) is 55.6 Å². The molecule has 0 radical (unpaired) electrons. The van der Waals surface area contributed by atoms with Crippen LogP contribution in [-0.4, -0.2) is 32.6 Å². The lowest BCUT2D eigenvalue weighted by Crippen LogP contribution is -2.25. The zero-order chi connectivity index (χ0) is 13.7. The quantitative estimate of drug-likeness (QED) is 0.649. The second-order valence-corrected chi connectivity index (χ2v) is 3.77. The second kappa shape index (κ2) is 6.18. The number of hydrogen-bond donors (Lipinski definition) is 1. The van der Waals surface area contributed by atoms with Crippen molar-refractivity contribution >= 4 is 17.3 Å². The molecule has 0 spiro atoms. The lowest BCUT2D eigenvalue weighted by atomic mass is 10.1. The summed E-state index contributed by atoms with van der Waals surface area (Å²) in [5.74, 6) is -0.496. The first-order valence-electron chi connectivity index (χ1n) is 5.51. The summed E-state index contributed by atoms with van der Waals surface area (Å²) in [5.41, 5.74) is 6.72. The Kier molecular flexibility index (Phi) is 4.88. The Morgan fingerprint density at radius 1 is 1.50 bits per heavy atom. The highest BCUT2D eigenvalue weighted by Gasteiger charge is 2.14. The molecule has 0 saturated heterocycles. The number of esters is 1. The Morgan fingerprint density at radius 3 is 2.72 bits per heavy atom. The van der Waals surface area contributed by atoms with Crippen LogP contribution in [0.1, 0.15) is 17.3 Å². The molecule has 0 aliphatic carbocycles. The van der Waals surface area contributed by atoms with E-state index in [9.17, 15) is 13.6 Å². The molecule has 4 nitrogen and oxygen atoms in total. The van der Waals surface area contributed by atoms with Crippen LogP contribution in [0.4, 0.5) is 20.2 Å². The molecule has 1 rings (SSSR count). The van der Waals surface area contributed by atoms with Gasteiger partial charge in [-0.05, 0) is 25.1 Å². The molecule has 1 aromatic carbocycles. The first-order valence-corrected chi connectivity index (χ1v) is 5.51. The van der Waals surface area contributed by atoms with Gasteiger partial charge in [0, 0.05) is 7.05 Å². The number of nitrogen functional groups attached to an aromatic ring is 1. The SMILES string of the molecule is CCOC(=O)c1ccc(N)c(N(C)CC(F)F)c1. The normalized spacial score (nSPS) is 10.5. The lowest BCUT2D eigenvalue weighted by molar-refractivity contribution is 0.0526. The molecule has 0 aromatic heterocycles. The summed E-state index contributed by atoms with van der Waals surface area (Å²) < 4.78 is 29.5. The van der Waals surface area contributed by atoms with Crippen LogP contribution in [0.5, 0.6) is 0 Å². The summed E-state index contributed by atoms with van der Waals surface area (Å²) >= 11 is 0. The van der Waals surface area contributed by atoms with Crippen LogP contribution in [0, 0.1) is 0 Å². The minimum atomic E-state index is -2.47. The molecular weight excluding hydrogens is 242 g/mol. The van der Waals surface area contributed by atoms with Crippen LogP contribution in [0.3, 0.4) is 0 Å². The van der Waals surface area contributed by atoms with Crippen molar-refractivity contribution < 1.29 is 18.3 Å². The number of carbonyl (C=O) groups excluding carboxylic acids is 1. The Labute approximate surface area is 104 Å². The van der Waals surface area contributed by atoms with E-state index in [1.807, 2.05) is 0 Å². The van der Waals surface area contributed by atoms with Crippen molar-refractivity contribution in [3.05, 3.63) is 23.8 Å². The van der Waals surface area contributed by atoms with Gasteiger partial charge in [0.25, 0.3) is 6.43 Å². The van der Waals surface area contributed by atoms with Crippen molar-refractivity contribution in [2.24, 2.45) is 0 Å². The molecule has 0 bridgehead atoms. The molecule has 0 fully saturated rings. The molecule has 6 heteroatoms. The van der Waals surface area contributed by atoms with E-state index in [0.717, 1.165) is 0 Å². The smallest absolute Gasteiger partial charge is 0.338 e. The molecular formula is C12H16F2N2O2. The van der Waals surface area contributed by atoms with E-state index < -0.39 is 18.9 Å². The predicted octanol–water partition coefficient (Wildman–Crippen LogP) is 2.15. The van der Waals surface area contributed by atoms with E-state index in [0.29, 0.717) is 16.9 Å². The van der Waals surface area contributed by atoms with Gasteiger partial charge in [0.15, 0.2) is 0 Å². The molecule has 0 aliphatic heterocycles. The van der Waals surface area contributed by atoms with Gasteiger partial charge in [-0.3, -0.25) is 0 Å². The van der Waals surface area contributed by atoms with Gasteiger partial charge in [-0.2, -0.15) is 0 Å². The number of ether oxygens (including phenoxy) is 1. The number of hydrogen-bond acceptors (Lipinski definition) is 4. The molecule has 0 saturated carbocycles. The summed E-state index contributed by atoms with van der Waals surface area (Å²) in [6.45, 7) is 1.50. The van der Waals surface area contributed by atoms with Crippen molar-refractivity contribution in [3.8, 4) is 0 Å². The highest BCUT2D eigenvalue weighted by Crippen LogP contribution is 2.24. The van der Waals surface area contributed by atoms with Crippen molar-refractivity contribution in [1.29, 1.82) is 0 Å². The zero-order valence-electron chi connectivity index (χ0n) is 10.3. The molecule has 0 heterocycles. The third-order valence-electron chi connectivity index (χ3n) is 2.36. The van der Waals surface area contributed by atoms with Crippen LogP contribution in [0.25, 0.3) is 0 Å². The van der Waals surface area contributed by atoms with Crippen molar-refractivity contribution in [2.45, 2.75) is 13.3 Å². The number of alkyl halides is 2. The standard InChI is InChI=1S/C12H16F2N2O2/c1-3-18-12(17)8-4-5-9(15)10(6-8)16(2)7-11(13)14/h4-6,11H,3,7,15H2,1-2H3. The predicted molar refractivity (Wildman–Crippen MR) is 66.1 cm³/mol. The average molecular weight is 258 g/mol. The third kappa shape index (κ3) is 3.58. The fraction of sp³-hybridized carbons (Fsp3) is 0.417. The first kappa shape index (κ1) is 14.2. The van der Waals surface area contributed by atoms with Gasteiger partial charge >= 0.3 is 5.97 Å². The average Bonchev–Trinajstić information content (AvgIpc) is 2.28. The summed E-state index contributed by atoms with van der Waals surface area (Å²) in [4.78, 5) is 12.8. The largest absolute Gasteiger partial charge is 0.462 e. The van der Waals surface area contributed by atoms with Gasteiger partial charge in [-0.15, -0.1) is 0 Å². The maximum Gasteiger partial charge on any atom is 0.338 e. The number of halogens is 2. The number of rotatable bonds is 5. The van der Waals surface area contributed by atoms with E-state index in [4.69, 9.17) is 10.5 Å². The first-order chi connectivity index (χ1) is 8.45. The fourth-order valence-electron chi connectivity index (χ4n) is 1.52. The number of benzene rings is 1. The fourth-order valence-corrected chi connectivity index (χ4v) is 1.52.